The molecule has 0 fully saturated rings. The molecular formula is C10H17N3O3. The van der Waals surface area contributed by atoms with Gasteiger partial charge in [0.25, 0.3) is 0 Å². The molecule has 0 heterocycles. The normalized spacial score (nSPS) is 12.2. The van der Waals surface area contributed by atoms with Gasteiger partial charge in [-0.3, -0.25) is 14.6 Å². The van der Waals surface area contributed by atoms with Gasteiger partial charge in [-0.05, 0) is 12.8 Å². The molecule has 0 aliphatic heterocycles. The van der Waals surface area contributed by atoms with Gasteiger partial charge in [0.15, 0.2) is 5.78 Å². The Hall–Kier alpha value is -1.72. The zero-order valence-corrected chi connectivity index (χ0v) is 9.09. The average molecular weight is 227 g/mol. The lowest BCUT2D eigenvalue weighted by Gasteiger charge is -2.13. The molecule has 0 saturated heterocycles. The SMILES string of the molecule is NC=NCCCC(NC=O)C(=O)CCC=O. The highest BCUT2D eigenvalue weighted by atomic mass is 16.1. The van der Waals surface area contributed by atoms with Crippen LogP contribution in [0, 0.1) is 0 Å². The van der Waals surface area contributed by atoms with Crippen LogP contribution in [0.3, 0.4) is 0 Å². The minimum atomic E-state index is -0.523. The molecule has 0 bridgehead atoms. The third-order valence-corrected chi connectivity index (χ3v) is 2.05. The summed E-state index contributed by atoms with van der Waals surface area (Å²) in [7, 11) is 0. The third-order valence-electron chi connectivity index (χ3n) is 2.05. The van der Waals surface area contributed by atoms with Crippen molar-refractivity contribution in [2.24, 2.45) is 10.7 Å². The number of aldehydes is 1. The second-order valence-electron chi connectivity index (χ2n) is 3.21. The van der Waals surface area contributed by atoms with Crippen LogP contribution in [0.1, 0.15) is 25.7 Å². The van der Waals surface area contributed by atoms with E-state index in [1.54, 1.807) is 0 Å². The van der Waals surface area contributed by atoms with Gasteiger partial charge in [0.05, 0.1) is 12.4 Å². The van der Waals surface area contributed by atoms with Crippen LogP contribution in [0.2, 0.25) is 0 Å². The van der Waals surface area contributed by atoms with Crippen LogP contribution >= 0.6 is 0 Å². The van der Waals surface area contributed by atoms with E-state index in [0.717, 1.165) is 0 Å². The summed E-state index contributed by atoms with van der Waals surface area (Å²) in [4.78, 5) is 35.7. The van der Waals surface area contributed by atoms with Gasteiger partial charge in [-0.15, -0.1) is 0 Å². The van der Waals surface area contributed by atoms with Gasteiger partial charge >= 0.3 is 0 Å². The van der Waals surface area contributed by atoms with E-state index in [0.29, 0.717) is 32.1 Å². The molecule has 0 spiro atoms. The lowest BCUT2D eigenvalue weighted by molar-refractivity contribution is -0.124. The molecule has 0 rings (SSSR count). The first kappa shape index (κ1) is 14.3. The Bertz CT molecular complexity index is 254. The van der Waals surface area contributed by atoms with E-state index in [4.69, 9.17) is 5.73 Å². The van der Waals surface area contributed by atoms with Crippen molar-refractivity contribution in [3.8, 4) is 0 Å². The predicted octanol–water partition coefficient (Wildman–Crippen LogP) is -0.584. The molecule has 1 atom stereocenters. The topological polar surface area (TPSA) is 102 Å². The average Bonchev–Trinajstić information content (AvgIpc) is 2.30. The second-order valence-corrected chi connectivity index (χ2v) is 3.21. The third kappa shape index (κ3) is 6.69. The first-order valence-electron chi connectivity index (χ1n) is 5.12. The molecule has 0 saturated carbocycles. The van der Waals surface area contributed by atoms with Gasteiger partial charge in [-0.2, -0.15) is 0 Å². The zero-order chi connectivity index (χ0) is 12.2. The highest BCUT2D eigenvalue weighted by Crippen LogP contribution is 2.02. The van der Waals surface area contributed by atoms with Crippen molar-refractivity contribution < 1.29 is 14.4 Å². The van der Waals surface area contributed by atoms with Crippen LogP contribution in [0.15, 0.2) is 4.99 Å². The Labute approximate surface area is 94.3 Å². The Morgan fingerprint density at radius 3 is 2.75 bits per heavy atom. The molecule has 16 heavy (non-hydrogen) atoms. The maximum atomic E-state index is 11.5. The highest BCUT2D eigenvalue weighted by Gasteiger charge is 2.16. The number of nitrogens with two attached hydrogens (primary N) is 1. The molecule has 90 valence electrons. The first-order chi connectivity index (χ1) is 7.76. The Morgan fingerprint density at radius 1 is 1.44 bits per heavy atom. The molecule has 0 aliphatic carbocycles. The Balaban J connectivity index is 3.98. The van der Waals surface area contributed by atoms with Crippen molar-refractivity contribution in [2.75, 3.05) is 6.54 Å². The molecule has 0 aromatic heterocycles. The second kappa shape index (κ2) is 9.82. The van der Waals surface area contributed by atoms with Gasteiger partial charge in [0.1, 0.15) is 6.29 Å². The quantitative estimate of drug-likeness (QED) is 0.225. The maximum absolute atomic E-state index is 11.5. The van der Waals surface area contributed by atoms with Crippen molar-refractivity contribution in [1.29, 1.82) is 0 Å². The number of hydrogen-bond donors (Lipinski definition) is 2. The fourth-order valence-electron chi connectivity index (χ4n) is 1.26. The number of rotatable bonds is 10. The number of hydrogen-bond acceptors (Lipinski definition) is 4. The number of nitrogens with one attached hydrogen (secondary N) is 1. The smallest absolute Gasteiger partial charge is 0.207 e. The molecule has 1 amide bonds. The molecule has 0 aromatic rings. The van der Waals surface area contributed by atoms with Gasteiger partial charge in [-0.25, -0.2) is 0 Å². The van der Waals surface area contributed by atoms with E-state index in [1.165, 1.54) is 6.34 Å². The van der Waals surface area contributed by atoms with Gasteiger partial charge in [-0.1, -0.05) is 0 Å². The van der Waals surface area contributed by atoms with Gasteiger partial charge < -0.3 is 15.8 Å². The van der Waals surface area contributed by atoms with Crippen LogP contribution in [0.4, 0.5) is 0 Å². The highest BCUT2D eigenvalue weighted by molar-refractivity contribution is 5.86. The van der Waals surface area contributed by atoms with E-state index >= 15 is 0 Å². The molecular weight excluding hydrogens is 210 g/mol. The molecule has 6 nitrogen and oxygen atoms in total. The minimum absolute atomic E-state index is 0.129. The first-order valence-corrected chi connectivity index (χ1v) is 5.12. The summed E-state index contributed by atoms with van der Waals surface area (Å²) in [5.74, 6) is -0.129. The molecule has 6 heteroatoms. The summed E-state index contributed by atoms with van der Waals surface area (Å²) in [6.45, 7) is 0.522. The maximum Gasteiger partial charge on any atom is 0.207 e. The van der Waals surface area contributed by atoms with Crippen LogP contribution in [0.25, 0.3) is 0 Å². The molecule has 3 N–H and O–H groups in total. The number of carbonyl (C=O) groups is 3. The number of aliphatic imine (C=N–C) groups is 1. The van der Waals surface area contributed by atoms with E-state index in [2.05, 4.69) is 10.3 Å². The van der Waals surface area contributed by atoms with Crippen molar-refractivity contribution in [1.82, 2.24) is 5.32 Å². The minimum Gasteiger partial charge on any atom is -0.390 e. The molecule has 1 unspecified atom stereocenters. The van der Waals surface area contributed by atoms with E-state index in [1.807, 2.05) is 0 Å². The summed E-state index contributed by atoms with van der Waals surface area (Å²) < 4.78 is 0. The standard InChI is InChI=1S/C10H17N3O3/c11-7-12-5-1-3-9(13-8-15)10(16)4-2-6-14/h6-9H,1-5H2,(H2,11,12)(H,13,15). The number of Topliss-reactive ketones (excluding diaryl/α,β-unsaturated/α-hetero) is 1. The number of carbonyl (C=O) groups excluding carboxylic acids is 3. The van der Waals surface area contributed by atoms with E-state index < -0.39 is 6.04 Å². The van der Waals surface area contributed by atoms with Crippen LogP contribution < -0.4 is 11.1 Å². The Kier molecular flexibility index (Phi) is 8.76. The lowest BCUT2D eigenvalue weighted by Crippen LogP contribution is -2.36. The van der Waals surface area contributed by atoms with Crippen molar-refractivity contribution >= 4 is 24.8 Å². The van der Waals surface area contributed by atoms with Crippen LogP contribution in [-0.2, 0) is 14.4 Å². The lowest BCUT2D eigenvalue weighted by atomic mass is 10.0. The van der Waals surface area contributed by atoms with Gasteiger partial charge in [0.2, 0.25) is 6.41 Å². The summed E-state index contributed by atoms with van der Waals surface area (Å²) in [6.07, 6.45) is 3.91. The summed E-state index contributed by atoms with van der Waals surface area (Å²) in [5, 5.41) is 2.44. The molecule has 0 aliphatic rings. The predicted molar refractivity (Wildman–Crippen MR) is 60.1 cm³/mol. The summed E-state index contributed by atoms with van der Waals surface area (Å²) in [5.41, 5.74) is 5.06. The number of nitrogens with zero attached hydrogens (tertiary/aromatic N) is 1. The van der Waals surface area contributed by atoms with E-state index in [-0.39, 0.29) is 18.6 Å². The Morgan fingerprint density at radius 2 is 2.19 bits per heavy atom. The number of ketones is 1. The largest absolute Gasteiger partial charge is 0.390 e. The van der Waals surface area contributed by atoms with Crippen molar-refractivity contribution in [3.05, 3.63) is 0 Å². The summed E-state index contributed by atoms with van der Waals surface area (Å²) in [6, 6.07) is -0.523. The monoisotopic (exact) mass is 227 g/mol. The molecule has 0 aromatic carbocycles. The fraction of sp³-hybridized carbons (Fsp3) is 0.600. The van der Waals surface area contributed by atoms with Crippen molar-refractivity contribution in [3.63, 3.8) is 0 Å². The van der Waals surface area contributed by atoms with Gasteiger partial charge in [0, 0.05) is 19.4 Å². The fourth-order valence-corrected chi connectivity index (χ4v) is 1.26. The molecule has 0 radical (unpaired) electrons. The summed E-state index contributed by atoms with van der Waals surface area (Å²) >= 11 is 0. The zero-order valence-electron chi connectivity index (χ0n) is 9.09. The number of amides is 1. The van der Waals surface area contributed by atoms with Crippen LogP contribution in [-0.4, -0.2) is 37.4 Å². The van der Waals surface area contributed by atoms with Crippen LogP contribution in [0.5, 0.6) is 0 Å². The van der Waals surface area contributed by atoms with Crippen molar-refractivity contribution in [2.45, 2.75) is 31.7 Å². The van der Waals surface area contributed by atoms with E-state index in [9.17, 15) is 14.4 Å².